The summed E-state index contributed by atoms with van der Waals surface area (Å²) in [6.07, 6.45) is 4.84. The van der Waals surface area contributed by atoms with E-state index in [1.54, 1.807) is 59.4 Å². The lowest BCUT2D eigenvalue weighted by Crippen LogP contribution is -2.37. The highest BCUT2D eigenvalue weighted by Crippen LogP contribution is 2.19. The molecule has 1 N–H and O–H groups in total. The van der Waals surface area contributed by atoms with E-state index in [9.17, 15) is 9.90 Å². The average molecular weight is 459 g/mol. The van der Waals surface area contributed by atoms with Crippen molar-refractivity contribution < 1.29 is 14.5 Å². The molecule has 4 rings (SSSR count). The molecule has 0 saturated carbocycles. The van der Waals surface area contributed by atoms with Gasteiger partial charge in [0.25, 0.3) is 11.6 Å². The second-order valence-electron chi connectivity index (χ2n) is 5.97. The molecule has 1 amide bonds. The molecule has 28 heavy (non-hydrogen) atoms. The quantitative estimate of drug-likeness (QED) is 0.376. The van der Waals surface area contributed by atoms with E-state index in [4.69, 9.17) is 11.6 Å². The van der Waals surface area contributed by atoms with Crippen LogP contribution in [0.3, 0.4) is 0 Å². The molecule has 7 nitrogen and oxygen atoms in total. The van der Waals surface area contributed by atoms with Crippen LogP contribution in [0.5, 0.6) is 5.88 Å². The summed E-state index contributed by atoms with van der Waals surface area (Å²) in [7, 11) is 0. The Bertz CT molecular complexity index is 1180. The number of amides is 1. The monoisotopic (exact) mass is 457 g/mol. The van der Waals surface area contributed by atoms with Gasteiger partial charge in [-0.15, -0.1) is 0 Å². The first kappa shape index (κ1) is 18.4. The third kappa shape index (κ3) is 3.56. The second-order valence-corrected chi connectivity index (χ2v) is 7.27. The van der Waals surface area contributed by atoms with Crippen LogP contribution in [0.25, 0.3) is 5.65 Å². The summed E-state index contributed by atoms with van der Waals surface area (Å²) in [6.45, 7) is 0.263. The molecule has 4 aromatic rings. The zero-order chi connectivity index (χ0) is 19.7. The molecule has 9 heteroatoms. The normalized spacial score (nSPS) is 10.9. The highest BCUT2D eigenvalue weighted by Gasteiger charge is 2.25. The van der Waals surface area contributed by atoms with Gasteiger partial charge in [0.1, 0.15) is 23.4 Å². The third-order valence-corrected chi connectivity index (χ3v) is 4.83. The van der Waals surface area contributed by atoms with E-state index in [2.05, 4.69) is 31.2 Å². The molecule has 0 spiro atoms. The van der Waals surface area contributed by atoms with Crippen LogP contribution in [0.4, 0.5) is 5.82 Å². The maximum atomic E-state index is 13.1. The van der Waals surface area contributed by atoms with E-state index >= 15 is 0 Å². The van der Waals surface area contributed by atoms with Crippen molar-refractivity contribution in [3.63, 3.8) is 0 Å². The first-order chi connectivity index (χ1) is 13.5. The van der Waals surface area contributed by atoms with E-state index in [-0.39, 0.29) is 12.2 Å². The number of anilines is 1. The third-order valence-electron chi connectivity index (χ3n) is 4.11. The van der Waals surface area contributed by atoms with Gasteiger partial charge in [0.15, 0.2) is 0 Å². The maximum absolute atomic E-state index is 13.1. The van der Waals surface area contributed by atoms with Gasteiger partial charge in [-0.2, -0.15) is 4.40 Å². The van der Waals surface area contributed by atoms with Crippen molar-refractivity contribution in [1.29, 1.82) is 0 Å². The largest absolute Gasteiger partial charge is 0.839 e. The van der Waals surface area contributed by atoms with Crippen molar-refractivity contribution >= 4 is 44.9 Å². The summed E-state index contributed by atoms with van der Waals surface area (Å²) in [5.74, 6) is -0.600. The smallest absolute Gasteiger partial charge is 0.300 e. The predicted molar refractivity (Wildman–Crippen MR) is 105 cm³/mol. The molecule has 0 fully saturated rings. The molecule has 4 aromatic heterocycles. The Hall–Kier alpha value is -2.97. The van der Waals surface area contributed by atoms with Crippen molar-refractivity contribution in [3.8, 4) is 5.88 Å². The zero-order valence-corrected chi connectivity index (χ0v) is 16.7. The van der Waals surface area contributed by atoms with Gasteiger partial charge in [-0.3, -0.25) is 4.79 Å². The molecule has 0 aliphatic rings. The van der Waals surface area contributed by atoms with E-state index in [1.807, 2.05) is 6.07 Å². The summed E-state index contributed by atoms with van der Waals surface area (Å²) in [4.78, 5) is 21.0. The number of nitrogens with zero attached hydrogens (tertiary/aromatic N) is 4. The lowest BCUT2D eigenvalue weighted by atomic mass is 10.3. The van der Waals surface area contributed by atoms with Crippen molar-refractivity contribution in [3.05, 3.63) is 81.9 Å². The molecular formula is C19H13BrClN5O2. The number of halogens is 2. The first-order valence-corrected chi connectivity index (χ1v) is 9.43. The summed E-state index contributed by atoms with van der Waals surface area (Å²) >= 11 is 9.16. The van der Waals surface area contributed by atoms with Crippen LogP contribution in [-0.2, 0) is 6.54 Å². The van der Waals surface area contributed by atoms with Crippen LogP contribution < -0.4 is 15.0 Å². The van der Waals surface area contributed by atoms with Crippen LogP contribution in [0, 0.1) is 0 Å². The fraction of sp³-hybridized carbons (Fsp3) is 0.0526. The molecular weight excluding hydrogens is 446 g/mol. The molecule has 0 atom stereocenters. The highest BCUT2D eigenvalue weighted by atomic mass is 79.9. The fourth-order valence-corrected chi connectivity index (χ4v) is 3.32. The average Bonchev–Trinajstić information content (AvgIpc) is 2.95. The van der Waals surface area contributed by atoms with E-state index in [0.29, 0.717) is 16.6 Å². The summed E-state index contributed by atoms with van der Waals surface area (Å²) in [5, 5.41) is 16.1. The number of pyridine rings is 3. The Labute approximate surface area is 173 Å². The number of hydrogen-bond acceptors (Lipinski definition) is 4. The maximum Gasteiger partial charge on any atom is 0.300 e. The van der Waals surface area contributed by atoms with Crippen LogP contribution in [0.15, 0.2) is 65.5 Å². The van der Waals surface area contributed by atoms with E-state index in [0.717, 1.165) is 10.0 Å². The minimum Gasteiger partial charge on any atom is -0.839 e. The SMILES string of the molecule is O=C(Nc1cc(Br)ccn1)c1c([O-])[n+](Cc2ccc(Cl)nc2)c2ccccn12. The Kier molecular flexibility index (Phi) is 4.97. The lowest BCUT2D eigenvalue weighted by Gasteiger charge is -2.07. The minimum absolute atomic E-state index is 0.000650. The number of imidazole rings is 1. The van der Waals surface area contributed by atoms with Gasteiger partial charge in [-0.1, -0.05) is 39.7 Å². The van der Waals surface area contributed by atoms with Crippen LogP contribution >= 0.6 is 27.5 Å². The summed E-state index contributed by atoms with van der Waals surface area (Å²) < 4.78 is 3.86. The fourth-order valence-electron chi connectivity index (χ4n) is 2.87. The van der Waals surface area contributed by atoms with Gasteiger partial charge < -0.3 is 10.4 Å². The minimum atomic E-state index is -0.537. The molecule has 0 aliphatic carbocycles. The number of fused-ring (bicyclic) bond motifs is 1. The second kappa shape index (κ2) is 7.57. The molecule has 0 unspecified atom stereocenters. The van der Waals surface area contributed by atoms with Gasteiger partial charge in [0, 0.05) is 28.5 Å². The van der Waals surface area contributed by atoms with E-state index in [1.165, 1.54) is 4.57 Å². The van der Waals surface area contributed by atoms with Crippen molar-refractivity contribution in [2.75, 3.05) is 5.32 Å². The van der Waals surface area contributed by atoms with Gasteiger partial charge in [-0.05, 0) is 24.3 Å². The Balaban J connectivity index is 1.75. The highest BCUT2D eigenvalue weighted by molar-refractivity contribution is 9.10. The van der Waals surface area contributed by atoms with Gasteiger partial charge >= 0.3 is 0 Å². The number of nitrogens with one attached hydrogen (secondary N) is 1. The standard InChI is InChI=1S/C19H13BrClN5O2/c20-13-6-7-22-15(9-13)24-18(27)17-19(28)26(16-3-1-2-8-25(16)17)11-12-4-5-14(21)23-10-12/h1-10H,11H2,(H-,22,24,27,28). The number of hydrogen-bond donors (Lipinski definition) is 1. The van der Waals surface area contributed by atoms with Crippen LogP contribution in [0.2, 0.25) is 5.15 Å². The lowest BCUT2D eigenvalue weighted by molar-refractivity contribution is -0.704. The van der Waals surface area contributed by atoms with Gasteiger partial charge in [-0.25, -0.2) is 14.5 Å². The van der Waals surface area contributed by atoms with Crippen molar-refractivity contribution in [1.82, 2.24) is 14.4 Å². The number of aromatic nitrogens is 4. The summed E-state index contributed by atoms with van der Waals surface area (Å²) in [5.41, 5.74) is 1.39. The number of rotatable bonds is 4. The van der Waals surface area contributed by atoms with Crippen LogP contribution in [-0.4, -0.2) is 20.3 Å². The molecule has 0 bridgehead atoms. The molecule has 140 valence electrons. The number of carbonyl (C=O) groups is 1. The summed E-state index contributed by atoms with van der Waals surface area (Å²) in [6, 6.07) is 12.2. The van der Waals surface area contributed by atoms with E-state index < -0.39 is 11.8 Å². The van der Waals surface area contributed by atoms with Crippen molar-refractivity contribution in [2.24, 2.45) is 0 Å². The molecule has 4 heterocycles. The molecule has 0 aromatic carbocycles. The van der Waals surface area contributed by atoms with Gasteiger partial charge in [0.05, 0.1) is 6.20 Å². The predicted octanol–water partition coefficient (Wildman–Crippen LogP) is 2.81. The Morgan fingerprint density at radius 3 is 2.86 bits per heavy atom. The van der Waals surface area contributed by atoms with Gasteiger partial charge in [0.2, 0.25) is 5.69 Å². The topological polar surface area (TPSA) is 86.2 Å². The van der Waals surface area contributed by atoms with Crippen LogP contribution in [0.1, 0.15) is 16.1 Å². The first-order valence-electron chi connectivity index (χ1n) is 8.26. The Morgan fingerprint density at radius 1 is 1.25 bits per heavy atom. The molecule has 0 saturated heterocycles. The molecule has 0 radical (unpaired) electrons. The zero-order valence-electron chi connectivity index (χ0n) is 14.3. The Morgan fingerprint density at radius 2 is 2.11 bits per heavy atom. The number of carbonyl (C=O) groups excluding carboxylic acids is 1. The molecule has 0 aliphatic heterocycles. The van der Waals surface area contributed by atoms with Crippen molar-refractivity contribution in [2.45, 2.75) is 6.54 Å².